The molecule has 1 amide bonds. The van der Waals surface area contributed by atoms with Crippen LogP contribution in [0, 0.1) is 6.92 Å². The summed E-state index contributed by atoms with van der Waals surface area (Å²) in [5, 5.41) is 9.66. The smallest absolute Gasteiger partial charge is 0.225 e. The maximum atomic E-state index is 11.6. The quantitative estimate of drug-likeness (QED) is 0.774. The lowest BCUT2D eigenvalue weighted by Gasteiger charge is -2.07. The van der Waals surface area contributed by atoms with E-state index in [-0.39, 0.29) is 11.9 Å². The number of aromatic amines is 1. The zero-order valence-corrected chi connectivity index (χ0v) is 11.0. The van der Waals surface area contributed by atoms with Crippen LogP contribution in [0.1, 0.15) is 19.2 Å². The Morgan fingerprint density at radius 1 is 1.42 bits per heavy atom. The van der Waals surface area contributed by atoms with Gasteiger partial charge in [-0.3, -0.25) is 9.89 Å². The molecule has 0 saturated carbocycles. The summed E-state index contributed by atoms with van der Waals surface area (Å²) in [6, 6.07) is 7.23. The lowest BCUT2D eigenvalue weighted by molar-refractivity contribution is -0.116. The zero-order chi connectivity index (χ0) is 13.8. The van der Waals surface area contributed by atoms with Crippen LogP contribution in [0.4, 0.5) is 5.69 Å². The molecule has 1 aromatic carbocycles. The lowest BCUT2D eigenvalue weighted by atomic mass is 10.2. The van der Waals surface area contributed by atoms with Crippen molar-refractivity contribution in [3.8, 4) is 11.4 Å². The fourth-order valence-corrected chi connectivity index (χ4v) is 1.68. The van der Waals surface area contributed by atoms with E-state index in [9.17, 15) is 4.79 Å². The number of amides is 1. The van der Waals surface area contributed by atoms with E-state index in [1.165, 1.54) is 0 Å². The molecule has 6 heteroatoms. The molecule has 0 aliphatic heterocycles. The van der Waals surface area contributed by atoms with E-state index in [4.69, 9.17) is 5.73 Å². The van der Waals surface area contributed by atoms with Gasteiger partial charge in [0, 0.05) is 23.7 Å². The minimum absolute atomic E-state index is 0.0866. The molecule has 4 N–H and O–H groups in total. The van der Waals surface area contributed by atoms with Gasteiger partial charge >= 0.3 is 0 Å². The molecule has 0 spiro atoms. The Labute approximate surface area is 111 Å². The number of aryl methyl sites for hydroxylation is 1. The van der Waals surface area contributed by atoms with Crippen LogP contribution in [-0.4, -0.2) is 27.1 Å². The van der Waals surface area contributed by atoms with Crippen molar-refractivity contribution in [1.82, 2.24) is 15.2 Å². The number of nitrogens with zero attached hydrogens (tertiary/aromatic N) is 2. The van der Waals surface area contributed by atoms with Gasteiger partial charge < -0.3 is 11.1 Å². The topological polar surface area (TPSA) is 96.7 Å². The van der Waals surface area contributed by atoms with Gasteiger partial charge in [0.25, 0.3) is 0 Å². The van der Waals surface area contributed by atoms with Crippen LogP contribution < -0.4 is 11.1 Å². The van der Waals surface area contributed by atoms with Crippen molar-refractivity contribution in [2.45, 2.75) is 26.3 Å². The monoisotopic (exact) mass is 259 g/mol. The first kappa shape index (κ1) is 13.2. The van der Waals surface area contributed by atoms with Gasteiger partial charge in [-0.25, -0.2) is 4.98 Å². The second-order valence-electron chi connectivity index (χ2n) is 4.55. The molecular formula is C13H17N5O. The maximum Gasteiger partial charge on any atom is 0.225 e. The van der Waals surface area contributed by atoms with Crippen molar-refractivity contribution in [3.05, 3.63) is 30.1 Å². The van der Waals surface area contributed by atoms with E-state index in [2.05, 4.69) is 20.5 Å². The highest BCUT2D eigenvalue weighted by molar-refractivity contribution is 5.91. The summed E-state index contributed by atoms with van der Waals surface area (Å²) in [5.41, 5.74) is 7.20. The maximum absolute atomic E-state index is 11.6. The molecule has 1 aromatic heterocycles. The van der Waals surface area contributed by atoms with Gasteiger partial charge in [-0.05, 0) is 38.1 Å². The number of nitrogens with two attached hydrogens (primary N) is 1. The van der Waals surface area contributed by atoms with Crippen LogP contribution in [0.15, 0.2) is 24.3 Å². The third-order valence-corrected chi connectivity index (χ3v) is 2.53. The van der Waals surface area contributed by atoms with Crippen molar-refractivity contribution in [1.29, 1.82) is 0 Å². The van der Waals surface area contributed by atoms with Gasteiger partial charge in [-0.15, -0.1) is 0 Å². The summed E-state index contributed by atoms with van der Waals surface area (Å²) in [4.78, 5) is 15.8. The molecule has 1 atom stereocenters. The van der Waals surface area contributed by atoms with Crippen LogP contribution in [-0.2, 0) is 4.79 Å². The average Bonchev–Trinajstić information content (AvgIpc) is 2.75. The SMILES string of the molecule is Cc1nc(-c2ccc(NC(=O)CC(C)N)cc2)n[nH]1. The predicted octanol–water partition coefficient (Wildman–Crippen LogP) is 1.46. The number of nitrogens with one attached hydrogen (secondary N) is 2. The number of carbonyl (C=O) groups is 1. The molecule has 100 valence electrons. The molecular weight excluding hydrogens is 242 g/mol. The van der Waals surface area contributed by atoms with Crippen molar-refractivity contribution in [2.24, 2.45) is 5.73 Å². The molecule has 0 radical (unpaired) electrons. The molecule has 0 bridgehead atoms. The fraction of sp³-hybridized carbons (Fsp3) is 0.308. The zero-order valence-electron chi connectivity index (χ0n) is 11.0. The molecule has 0 aliphatic carbocycles. The first-order valence-electron chi connectivity index (χ1n) is 6.09. The van der Waals surface area contributed by atoms with Crippen LogP contribution in [0.25, 0.3) is 11.4 Å². The first-order valence-corrected chi connectivity index (χ1v) is 6.09. The van der Waals surface area contributed by atoms with E-state index in [1.54, 1.807) is 6.92 Å². The van der Waals surface area contributed by atoms with E-state index in [1.807, 2.05) is 31.2 Å². The molecule has 1 unspecified atom stereocenters. The second-order valence-corrected chi connectivity index (χ2v) is 4.55. The minimum atomic E-state index is -0.143. The highest BCUT2D eigenvalue weighted by Crippen LogP contribution is 2.17. The number of anilines is 1. The fourth-order valence-electron chi connectivity index (χ4n) is 1.68. The number of aromatic nitrogens is 3. The second kappa shape index (κ2) is 5.62. The van der Waals surface area contributed by atoms with E-state index in [0.29, 0.717) is 12.2 Å². The van der Waals surface area contributed by atoms with Crippen LogP contribution in [0.5, 0.6) is 0 Å². The Bertz CT molecular complexity index is 559. The number of H-pyrrole nitrogens is 1. The Morgan fingerprint density at radius 2 is 2.11 bits per heavy atom. The summed E-state index contributed by atoms with van der Waals surface area (Å²) in [5.74, 6) is 1.33. The van der Waals surface area contributed by atoms with E-state index >= 15 is 0 Å². The van der Waals surface area contributed by atoms with Gasteiger partial charge in [0.1, 0.15) is 5.82 Å². The van der Waals surface area contributed by atoms with Gasteiger partial charge in [0.2, 0.25) is 5.91 Å². The van der Waals surface area contributed by atoms with E-state index < -0.39 is 0 Å². The summed E-state index contributed by atoms with van der Waals surface area (Å²) in [7, 11) is 0. The number of hydrogen-bond acceptors (Lipinski definition) is 4. The van der Waals surface area contributed by atoms with Gasteiger partial charge in [0.15, 0.2) is 5.82 Å². The van der Waals surface area contributed by atoms with Crippen LogP contribution >= 0.6 is 0 Å². The van der Waals surface area contributed by atoms with Gasteiger partial charge in [0.05, 0.1) is 0 Å². The number of rotatable bonds is 4. The standard InChI is InChI=1S/C13H17N5O/c1-8(14)7-12(19)16-11-5-3-10(4-6-11)13-15-9(2)17-18-13/h3-6,8H,7,14H2,1-2H3,(H,16,19)(H,15,17,18). The minimum Gasteiger partial charge on any atom is -0.327 e. The molecule has 0 saturated heterocycles. The van der Waals surface area contributed by atoms with Crippen LogP contribution in [0.3, 0.4) is 0 Å². The molecule has 2 aromatic rings. The Morgan fingerprint density at radius 3 is 2.63 bits per heavy atom. The Kier molecular flexibility index (Phi) is 3.91. The molecule has 0 fully saturated rings. The average molecular weight is 259 g/mol. The van der Waals surface area contributed by atoms with Gasteiger partial charge in [-0.1, -0.05) is 0 Å². The summed E-state index contributed by atoms with van der Waals surface area (Å²) in [6.07, 6.45) is 0.307. The molecule has 1 heterocycles. The molecule has 19 heavy (non-hydrogen) atoms. The van der Waals surface area contributed by atoms with Crippen molar-refractivity contribution < 1.29 is 4.79 Å². The Balaban J connectivity index is 2.04. The molecule has 2 rings (SSSR count). The summed E-state index contributed by atoms with van der Waals surface area (Å²) in [6.45, 7) is 3.65. The van der Waals surface area contributed by atoms with Gasteiger partial charge in [-0.2, -0.15) is 5.10 Å². The third kappa shape index (κ3) is 3.62. The molecule has 0 aliphatic rings. The van der Waals surface area contributed by atoms with Crippen molar-refractivity contribution in [3.63, 3.8) is 0 Å². The Hall–Kier alpha value is -2.21. The first-order chi connectivity index (χ1) is 9.04. The predicted molar refractivity (Wildman–Crippen MR) is 73.5 cm³/mol. The highest BCUT2D eigenvalue weighted by Gasteiger charge is 2.07. The van der Waals surface area contributed by atoms with Crippen molar-refractivity contribution >= 4 is 11.6 Å². The highest BCUT2D eigenvalue weighted by atomic mass is 16.1. The molecule has 6 nitrogen and oxygen atoms in total. The van der Waals surface area contributed by atoms with Crippen LogP contribution in [0.2, 0.25) is 0 Å². The van der Waals surface area contributed by atoms with Crippen molar-refractivity contribution in [2.75, 3.05) is 5.32 Å². The largest absolute Gasteiger partial charge is 0.327 e. The summed E-state index contributed by atoms with van der Waals surface area (Å²) < 4.78 is 0. The lowest BCUT2D eigenvalue weighted by Crippen LogP contribution is -2.23. The number of carbonyl (C=O) groups excluding carboxylic acids is 1. The summed E-state index contributed by atoms with van der Waals surface area (Å²) >= 11 is 0. The number of hydrogen-bond donors (Lipinski definition) is 3. The van der Waals surface area contributed by atoms with E-state index in [0.717, 1.165) is 17.1 Å². The third-order valence-electron chi connectivity index (χ3n) is 2.53. The normalized spacial score (nSPS) is 12.2. The number of benzene rings is 1.